The zero-order chi connectivity index (χ0) is 14.1. The average Bonchev–Trinajstić information content (AvgIpc) is 2.64. The lowest BCUT2D eigenvalue weighted by Gasteiger charge is -2.14. The number of aliphatic hydroxyl groups is 1. The Kier molecular flexibility index (Phi) is 3.16. The van der Waals surface area contributed by atoms with Crippen LogP contribution in [-0.4, -0.2) is 18.1 Å². The first-order chi connectivity index (χ1) is 9.72. The molecule has 0 aliphatic carbocycles. The van der Waals surface area contributed by atoms with E-state index in [1.165, 1.54) is 0 Å². The second kappa shape index (κ2) is 4.98. The van der Waals surface area contributed by atoms with Gasteiger partial charge in [0.2, 0.25) is 0 Å². The summed E-state index contributed by atoms with van der Waals surface area (Å²) in [6.07, 6.45) is -0.784. The highest BCUT2D eigenvalue weighted by atomic mass is 16.5. The number of hydrogen-bond donors (Lipinski definition) is 2. The molecule has 0 saturated carbocycles. The van der Waals surface area contributed by atoms with Gasteiger partial charge in [-0.15, -0.1) is 0 Å². The van der Waals surface area contributed by atoms with Gasteiger partial charge >= 0.3 is 0 Å². The van der Waals surface area contributed by atoms with E-state index in [4.69, 9.17) is 4.74 Å². The zero-order valence-electron chi connectivity index (χ0n) is 11.1. The topological polar surface area (TPSA) is 58.6 Å². The largest absolute Gasteiger partial charge is 0.488 e. The van der Waals surface area contributed by atoms with Crippen molar-refractivity contribution in [2.45, 2.75) is 12.7 Å². The van der Waals surface area contributed by atoms with Crippen molar-refractivity contribution in [3.8, 4) is 5.75 Å². The summed E-state index contributed by atoms with van der Waals surface area (Å²) in [5, 5.41) is 13.1. The van der Waals surface area contributed by atoms with Crippen LogP contribution < -0.4 is 10.1 Å². The highest BCUT2D eigenvalue weighted by Gasteiger charge is 2.25. The van der Waals surface area contributed by atoms with Crippen LogP contribution in [-0.2, 0) is 6.61 Å². The maximum atomic E-state index is 11.9. The number of amides is 1. The van der Waals surface area contributed by atoms with Gasteiger partial charge in [0, 0.05) is 12.6 Å². The Balaban J connectivity index is 2.16. The van der Waals surface area contributed by atoms with Crippen molar-refractivity contribution in [1.82, 2.24) is 5.32 Å². The van der Waals surface area contributed by atoms with Crippen molar-refractivity contribution in [3.63, 3.8) is 0 Å². The van der Waals surface area contributed by atoms with Crippen LogP contribution in [0.1, 0.15) is 33.2 Å². The van der Waals surface area contributed by atoms with E-state index in [1.54, 1.807) is 25.2 Å². The standard InChI is InChI=1S/C16H15NO3/c1-17-16(19)13-8-4-7-12-14(18)11-6-3-2-5-10(11)9-20-15(12)13/h2-8,14,18H,9H2,1H3,(H,17,19). The molecule has 1 heterocycles. The lowest BCUT2D eigenvalue weighted by Crippen LogP contribution is -2.19. The van der Waals surface area contributed by atoms with Crippen molar-refractivity contribution >= 4 is 5.91 Å². The smallest absolute Gasteiger partial charge is 0.254 e. The summed E-state index contributed by atoms with van der Waals surface area (Å²) in [4.78, 5) is 11.9. The third-order valence-electron chi connectivity index (χ3n) is 3.53. The molecular formula is C16H15NO3. The number of fused-ring (bicyclic) bond motifs is 2. The minimum atomic E-state index is -0.784. The number of ether oxygens (including phenoxy) is 1. The average molecular weight is 269 g/mol. The highest BCUT2D eigenvalue weighted by molar-refractivity contribution is 5.97. The van der Waals surface area contributed by atoms with E-state index in [0.717, 1.165) is 11.1 Å². The summed E-state index contributed by atoms with van der Waals surface area (Å²) in [6.45, 7) is 0.342. The van der Waals surface area contributed by atoms with Gasteiger partial charge < -0.3 is 15.2 Å². The minimum Gasteiger partial charge on any atom is -0.488 e. The summed E-state index contributed by atoms with van der Waals surface area (Å²) in [5.74, 6) is 0.232. The van der Waals surface area contributed by atoms with E-state index >= 15 is 0 Å². The Labute approximate surface area is 117 Å². The molecule has 1 unspecified atom stereocenters. The van der Waals surface area contributed by atoms with E-state index in [9.17, 15) is 9.90 Å². The third-order valence-corrected chi connectivity index (χ3v) is 3.53. The second-order valence-corrected chi connectivity index (χ2v) is 4.69. The number of aliphatic hydroxyl groups excluding tert-OH is 1. The molecule has 2 N–H and O–H groups in total. The molecular weight excluding hydrogens is 254 g/mol. The highest BCUT2D eigenvalue weighted by Crippen LogP contribution is 2.37. The Morgan fingerprint density at radius 2 is 1.95 bits per heavy atom. The lowest BCUT2D eigenvalue weighted by atomic mass is 9.96. The van der Waals surface area contributed by atoms with Crippen molar-refractivity contribution in [2.75, 3.05) is 7.05 Å². The molecule has 0 aromatic heterocycles. The van der Waals surface area contributed by atoms with Gasteiger partial charge in [0.25, 0.3) is 5.91 Å². The maximum absolute atomic E-state index is 11.9. The number of para-hydroxylation sites is 1. The second-order valence-electron chi connectivity index (χ2n) is 4.69. The minimum absolute atomic E-state index is 0.222. The van der Waals surface area contributed by atoms with Gasteiger partial charge in [-0.25, -0.2) is 0 Å². The molecule has 1 amide bonds. The van der Waals surface area contributed by atoms with Crippen molar-refractivity contribution in [2.24, 2.45) is 0 Å². The first-order valence-electron chi connectivity index (χ1n) is 6.46. The Morgan fingerprint density at radius 3 is 2.75 bits per heavy atom. The molecule has 1 atom stereocenters. The van der Waals surface area contributed by atoms with Crippen LogP contribution in [0.3, 0.4) is 0 Å². The molecule has 1 aliphatic heterocycles. The van der Waals surface area contributed by atoms with E-state index in [-0.39, 0.29) is 5.91 Å². The molecule has 0 spiro atoms. The van der Waals surface area contributed by atoms with Crippen molar-refractivity contribution < 1.29 is 14.6 Å². The summed E-state index contributed by atoms with van der Waals surface area (Å²) < 4.78 is 5.78. The number of rotatable bonds is 1. The molecule has 2 aromatic carbocycles. The van der Waals surface area contributed by atoms with Crippen LogP contribution in [0.15, 0.2) is 42.5 Å². The molecule has 0 radical (unpaired) electrons. The van der Waals surface area contributed by atoms with E-state index in [0.29, 0.717) is 23.5 Å². The van der Waals surface area contributed by atoms with Gasteiger partial charge in [0.15, 0.2) is 0 Å². The van der Waals surface area contributed by atoms with E-state index < -0.39 is 6.10 Å². The van der Waals surface area contributed by atoms with Crippen molar-refractivity contribution in [1.29, 1.82) is 0 Å². The molecule has 102 valence electrons. The van der Waals surface area contributed by atoms with Gasteiger partial charge in [-0.1, -0.05) is 36.4 Å². The molecule has 1 aliphatic rings. The van der Waals surface area contributed by atoms with Crippen LogP contribution in [0.2, 0.25) is 0 Å². The maximum Gasteiger partial charge on any atom is 0.254 e. The fraction of sp³-hybridized carbons (Fsp3) is 0.188. The van der Waals surface area contributed by atoms with Gasteiger partial charge in [0.1, 0.15) is 18.5 Å². The molecule has 4 nitrogen and oxygen atoms in total. The molecule has 3 rings (SSSR count). The quantitative estimate of drug-likeness (QED) is 0.832. The van der Waals surface area contributed by atoms with Gasteiger partial charge in [-0.2, -0.15) is 0 Å². The molecule has 20 heavy (non-hydrogen) atoms. The summed E-state index contributed by atoms with van der Waals surface area (Å²) in [5.41, 5.74) is 2.81. The summed E-state index contributed by atoms with van der Waals surface area (Å²) >= 11 is 0. The fourth-order valence-electron chi connectivity index (χ4n) is 2.49. The summed E-state index contributed by atoms with van der Waals surface area (Å²) in [6, 6.07) is 12.8. The van der Waals surface area contributed by atoms with Crippen LogP contribution >= 0.6 is 0 Å². The normalized spacial score (nSPS) is 16.4. The Morgan fingerprint density at radius 1 is 1.20 bits per heavy atom. The fourth-order valence-corrected chi connectivity index (χ4v) is 2.49. The van der Waals surface area contributed by atoms with Crippen LogP contribution in [0.4, 0.5) is 0 Å². The number of hydrogen-bond acceptors (Lipinski definition) is 3. The van der Waals surface area contributed by atoms with Gasteiger partial charge in [0.05, 0.1) is 5.56 Å². The number of carbonyl (C=O) groups excluding carboxylic acids is 1. The Hall–Kier alpha value is -2.33. The van der Waals surface area contributed by atoms with Crippen LogP contribution in [0, 0.1) is 0 Å². The van der Waals surface area contributed by atoms with Crippen molar-refractivity contribution in [3.05, 3.63) is 64.7 Å². The zero-order valence-corrected chi connectivity index (χ0v) is 11.1. The lowest BCUT2D eigenvalue weighted by molar-refractivity contribution is 0.0958. The predicted octanol–water partition coefficient (Wildman–Crippen LogP) is 2.02. The number of benzene rings is 2. The predicted molar refractivity (Wildman–Crippen MR) is 74.7 cm³/mol. The molecule has 2 aromatic rings. The molecule has 4 heteroatoms. The summed E-state index contributed by atoms with van der Waals surface area (Å²) in [7, 11) is 1.57. The van der Waals surface area contributed by atoms with Gasteiger partial charge in [-0.05, 0) is 17.2 Å². The third kappa shape index (κ3) is 1.94. The first-order valence-corrected chi connectivity index (χ1v) is 6.46. The van der Waals surface area contributed by atoms with Gasteiger partial charge in [-0.3, -0.25) is 4.79 Å². The van der Waals surface area contributed by atoms with Crippen LogP contribution in [0.25, 0.3) is 0 Å². The van der Waals surface area contributed by atoms with Crippen LogP contribution in [0.5, 0.6) is 5.75 Å². The number of nitrogens with one attached hydrogen (secondary N) is 1. The SMILES string of the molecule is CNC(=O)c1cccc2c1OCc1ccccc1C2O. The Bertz CT molecular complexity index is 667. The van der Waals surface area contributed by atoms with E-state index in [1.807, 2.05) is 24.3 Å². The molecule has 0 fully saturated rings. The van der Waals surface area contributed by atoms with E-state index in [2.05, 4.69) is 5.32 Å². The first kappa shape index (κ1) is 12.7. The molecule has 0 bridgehead atoms. The molecule has 0 saturated heterocycles. The monoisotopic (exact) mass is 269 g/mol. The number of carbonyl (C=O) groups is 1.